The SMILES string of the molecule is CCC(C)(c1ccccc1)c1ccc(N2c3ccc(cc3)CCc3cccc2c3)cc1. The highest BCUT2D eigenvalue weighted by atomic mass is 15.1. The van der Waals surface area contributed by atoms with E-state index in [2.05, 4.69) is 122 Å². The molecule has 4 bridgehead atoms. The summed E-state index contributed by atoms with van der Waals surface area (Å²) in [5.41, 5.74) is 9.14. The largest absolute Gasteiger partial charge is 0.310 e. The Bertz CT molecular complexity index is 1160. The summed E-state index contributed by atoms with van der Waals surface area (Å²) in [5.74, 6) is 0. The smallest absolute Gasteiger partial charge is 0.0464 e. The van der Waals surface area contributed by atoms with Gasteiger partial charge >= 0.3 is 0 Å². The van der Waals surface area contributed by atoms with Gasteiger partial charge in [-0.2, -0.15) is 0 Å². The predicted molar refractivity (Wildman–Crippen MR) is 132 cm³/mol. The van der Waals surface area contributed by atoms with Crippen LogP contribution in [0, 0.1) is 0 Å². The van der Waals surface area contributed by atoms with Gasteiger partial charge in [-0.05, 0) is 77.9 Å². The minimum Gasteiger partial charge on any atom is -0.310 e. The van der Waals surface area contributed by atoms with E-state index in [1.54, 1.807) is 0 Å². The van der Waals surface area contributed by atoms with Crippen molar-refractivity contribution in [2.45, 2.75) is 38.5 Å². The van der Waals surface area contributed by atoms with Crippen LogP contribution >= 0.6 is 0 Å². The Labute approximate surface area is 186 Å². The molecule has 2 aliphatic heterocycles. The van der Waals surface area contributed by atoms with E-state index in [0.717, 1.165) is 19.3 Å². The van der Waals surface area contributed by atoms with Crippen molar-refractivity contribution in [3.8, 4) is 0 Å². The first kappa shape index (κ1) is 19.6. The first-order valence-corrected chi connectivity index (χ1v) is 11.3. The van der Waals surface area contributed by atoms with Gasteiger partial charge in [0.25, 0.3) is 0 Å². The molecule has 31 heavy (non-hydrogen) atoms. The quantitative estimate of drug-likeness (QED) is 0.334. The average Bonchev–Trinajstić information content (AvgIpc) is 2.84. The summed E-state index contributed by atoms with van der Waals surface area (Å²) in [6.07, 6.45) is 3.23. The van der Waals surface area contributed by atoms with Crippen LogP contribution in [0.2, 0.25) is 0 Å². The van der Waals surface area contributed by atoms with Gasteiger partial charge in [-0.3, -0.25) is 0 Å². The molecular weight excluding hydrogens is 374 g/mol. The number of nitrogens with zero attached hydrogens (tertiary/aromatic N) is 1. The van der Waals surface area contributed by atoms with E-state index in [9.17, 15) is 0 Å². The Kier molecular flexibility index (Phi) is 5.11. The van der Waals surface area contributed by atoms with Crippen LogP contribution < -0.4 is 4.90 Å². The van der Waals surface area contributed by atoms with E-state index >= 15 is 0 Å². The Hall–Kier alpha value is -3.32. The van der Waals surface area contributed by atoms with E-state index in [4.69, 9.17) is 0 Å². The molecule has 0 saturated heterocycles. The number of aryl methyl sites for hydroxylation is 2. The molecule has 1 nitrogen and oxygen atoms in total. The molecule has 6 rings (SSSR count). The van der Waals surface area contributed by atoms with Crippen LogP contribution in [0.4, 0.5) is 17.1 Å². The topological polar surface area (TPSA) is 3.24 Å². The summed E-state index contributed by atoms with van der Waals surface area (Å²) < 4.78 is 0. The lowest BCUT2D eigenvalue weighted by Gasteiger charge is -2.31. The lowest BCUT2D eigenvalue weighted by atomic mass is 9.74. The van der Waals surface area contributed by atoms with Crippen LogP contribution in [-0.4, -0.2) is 0 Å². The number of hydrogen-bond donors (Lipinski definition) is 0. The summed E-state index contributed by atoms with van der Waals surface area (Å²) in [6, 6.07) is 38.1. The third kappa shape index (κ3) is 3.65. The van der Waals surface area contributed by atoms with Crippen molar-refractivity contribution in [2.75, 3.05) is 4.90 Å². The summed E-state index contributed by atoms with van der Waals surface area (Å²) in [5, 5.41) is 0. The number of fused-ring (bicyclic) bond motifs is 3. The Balaban J connectivity index is 1.58. The third-order valence-electron chi connectivity index (χ3n) is 6.95. The fourth-order valence-electron chi connectivity index (χ4n) is 4.76. The third-order valence-corrected chi connectivity index (χ3v) is 6.95. The molecule has 0 N–H and O–H groups in total. The second-order valence-corrected chi connectivity index (χ2v) is 8.77. The van der Waals surface area contributed by atoms with E-state index in [1.807, 2.05) is 0 Å². The highest BCUT2D eigenvalue weighted by Crippen LogP contribution is 2.39. The zero-order chi connectivity index (χ0) is 21.3. The number of rotatable bonds is 4. The maximum atomic E-state index is 2.37. The minimum atomic E-state index is 0.00696. The molecule has 2 aliphatic rings. The van der Waals surface area contributed by atoms with Crippen molar-refractivity contribution in [1.29, 1.82) is 0 Å². The maximum Gasteiger partial charge on any atom is 0.0464 e. The Morgan fingerprint density at radius 1 is 0.613 bits per heavy atom. The molecule has 1 heteroatoms. The fourth-order valence-corrected chi connectivity index (χ4v) is 4.76. The summed E-state index contributed by atoms with van der Waals surface area (Å²) in [7, 11) is 0. The monoisotopic (exact) mass is 403 g/mol. The second-order valence-electron chi connectivity index (χ2n) is 8.77. The molecular formula is C30H29N. The van der Waals surface area contributed by atoms with Crippen LogP contribution in [0.25, 0.3) is 0 Å². The van der Waals surface area contributed by atoms with Crippen molar-refractivity contribution >= 4 is 17.1 Å². The molecule has 154 valence electrons. The maximum absolute atomic E-state index is 2.37. The Morgan fingerprint density at radius 2 is 1.23 bits per heavy atom. The number of hydrogen-bond acceptors (Lipinski definition) is 1. The van der Waals surface area contributed by atoms with Crippen molar-refractivity contribution < 1.29 is 0 Å². The van der Waals surface area contributed by atoms with Crippen LogP contribution in [-0.2, 0) is 18.3 Å². The first-order chi connectivity index (χ1) is 15.2. The number of anilines is 3. The molecule has 4 aromatic carbocycles. The molecule has 2 heterocycles. The standard InChI is InChI=1S/C30H29N/c1-3-30(2,25-9-5-4-6-10-25)26-16-20-28(21-17-26)31-27-18-14-23(15-19-27)12-13-24-8-7-11-29(31)22-24/h4-11,14-22H,3,12-13H2,1-2H3. The molecule has 1 unspecified atom stereocenters. The van der Waals surface area contributed by atoms with Gasteiger partial charge in [0, 0.05) is 22.5 Å². The Morgan fingerprint density at radius 3 is 1.90 bits per heavy atom. The van der Waals surface area contributed by atoms with Gasteiger partial charge in [-0.1, -0.05) is 80.6 Å². The lowest BCUT2D eigenvalue weighted by Crippen LogP contribution is -2.22. The fraction of sp³-hybridized carbons (Fsp3) is 0.200. The van der Waals surface area contributed by atoms with Crippen molar-refractivity contribution in [2.24, 2.45) is 0 Å². The summed E-state index contributed by atoms with van der Waals surface area (Å²) in [4.78, 5) is 2.37. The molecule has 0 aliphatic carbocycles. The van der Waals surface area contributed by atoms with Gasteiger partial charge in [0.15, 0.2) is 0 Å². The average molecular weight is 404 g/mol. The number of benzene rings is 4. The van der Waals surface area contributed by atoms with Gasteiger partial charge in [-0.25, -0.2) is 0 Å². The van der Waals surface area contributed by atoms with Gasteiger partial charge < -0.3 is 4.90 Å². The molecule has 0 aromatic heterocycles. The van der Waals surface area contributed by atoms with Gasteiger partial charge in [-0.15, -0.1) is 0 Å². The zero-order valence-corrected chi connectivity index (χ0v) is 18.4. The van der Waals surface area contributed by atoms with E-state index in [-0.39, 0.29) is 5.41 Å². The van der Waals surface area contributed by atoms with Gasteiger partial charge in [0.1, 0.15) is 0 Å². The molecule has 1 atom stereocenters. The molecule has 0 saturated carbocycles. The second kappa shape index (κ2) is 8.07. The summed E-state index contributed by atoms with van der Waals surface area (Å²) in [6.45, 7) is 4.63. The molecule has 0 amide bonds. The van der Waals surface area contributed by atoms with Crippen LogP contribution in [0.1, 0.15) is 42.5 Å². The van der Waals surface area contributed by atoms with Gasteiger partial charge in [0.05, 0.1) is 0 Å². The molecule has 0 radical (unpaired) electrons. The normalized spacial score (nSPS) is 14.8. The van der Waals surface area contributed by atoms with Crippen molar-refractivity contribution in [3.05, 3.63) is 125 Å². The highest BCUT2D eigenvalue weighted by molar-refractivity contribution is 5.77. The summed E-state index contributed by atoms with van der Waals surface area (Å²) >= 11 is 0. The molecule has 4 aromatic rings. The van der Waals surface area contributed by atoms with E-state index in [1.165, 1.54) is 39.3 Å². The van der Waals surface area contributed by atoms with Crippen LogP contribution in [0.15, 0.2) is 103 Å². The van der Waals surface area contributed by atoms with E-state index < -0.39 is 0 Å². The van der Waals surface area contributed by atoms with E-state index in [0.29, 0.717) is 0 Å². The van der Waals surface area contributed by atoms with Gasteiger partial charge in [0.2, 0.25) is 0 Å². The van der Waals surface area contributed by atoms with Crippen molar-refractivity contribution in [1.82, 2.24) is 0 Å². The van der Waals surface area contributed by atoms with Crippen LogP contribution in [0.3, 0.4) is 0 Å². The predicted octanol–water partition coefficient (Wildman–Crippen LogP) is 7.97. The molecule has 0 fully saturated rings. The molecule has 0 spiro atoms. The lowest BCUT2D eigenvalue weighted by molar-refractivity contribution is 0.550. The van der Waals surface area contributed by atoms with Crippen LogP contribution in [0.5, 0.6) is 0 Å². The van der Waals surface area contributed by atoms with Crippen molar-refractivity contribution in [3.63, 3.8) is 0 Å². The zero-order valence-electron chi connectivity index (χ0n) is 18.4. The minimum absolute atomic E-state index is 0.00696. The highest BCUT2D eigenvalue weighted by Gasteiger charge is 2.27. The first-order valence-electron chi connectivity index (χ1n) is 11.3.